The molecule has 0 spiro atoms. The first kappa shape index (κ1) is 27.2. The highest BCUT2D eigenvalue weighted by Crippen LogP contribution is 1.71. The molecule has 0 radical (unpaired) electrons. The van der Waals surface area contributed by atoms with Crippen molar-refractivity contribution in [2.24, 2.45) is 0 Å². The molecule has 0 atom stereocenters. The molecule has 0 rings (SSSR count). The highest BCUT2D eigenvalue weighted by atomic mass is 17.2. The number of hydrogen-bond acceptors (Lipinski definition) is 9. The van der Waals surface area contributed by atoms with Gasteiger partial charge in [-0.1, -0.05) is 19.3 Å². The lowest BCUT2D eigenvalue weighted by molar-refractivity contribution is -0.209. The van der Waals surface area contributed by atoms with E-state index < -0.39 is 6.10 Å². The minimum atomic E-state index is -0.954. The summed E-state index contributed by atoms with van der Waals surface area (Å²) in [6.07, 6.45) is 18.1. The summed E-state index contributed by atoms with van der Waals surface area (Å²) in [5.41, 5.74) is 0. The molecule has 21 heavy (non-hydrogen) atoms. The molecular weight excluding hydrogens is 288 g/mol. The van der Waals surface area contributed by atoms with Gasteiger partial charge in [0, 0.05) is 0 Å². The van der Waals surface area contributed by atoms with Crippen molar-refractivity contribution >= 4 is 0 Å². The molecule has 0 heterocycles. The highest BCUT2D eigenvalue weighted by Gasteiger charge is 1.93. The fraction of sp³-hybridized carbons (Fsp3) is 0.500. The zero-order valence-electron chi connectivity index (χ0n) is 12.0. The SMILES string of the molecule is C#COOC.C#COOC.C#COOC.OCC(O)CO. The maximum atomic E-state index is 8.17. The number of aliphatic hydroxyl groups is 3. The average molecular weight is 308 g/mol. The van der Waals surface area contributed by atoms with E-state index in [0.717, 1.165) is 0 Å². The minimum absolute atomic E-state index is 0.365. The standard InChI is InChI=1S/C3H8O3.3C3H4O2/c4-1-3(6)2-5;3*1-3-5-4-2/h3-6H,1-2H2;3*1H,2H3. The molecule has 0 aliphatic carbocycles. The molecule has 0 aromatic heterocycles. The molecule has 3 N–H and O–H groups in total. The van der Waals surface area contributed by atoms with Crippen molar-refractivity contribution in [3.05, 3.63) is 0 Å². The molecule has 0 aromatic rings. The summed E-state index contributed by atoms with van der Waals surface area (Å²) < 4.78 is 0. The van der Waals surface area contributed by atoms with Gasteiger partial charge in [-0.2, -0.15) is 14.7 Å². The second-order valence-corrected chi connectivity index (χ2v) is 2.12. The van der Waals surface area contributed by atoms with E-state index in [4.69, 9.17) is 15.3 Å². The van der Waals surface area contributed by atoms with Crippen LogP contribution in [0.15, 0.2) is 0 Å². The Bertz CT molecular complexity index is 232. The van der Waals surface area contributed by atoms with Crippen LogP contribution in [0.4, 0.5) is 0 Å². The number of rotatable bonds is 5. The van der Waals surface area contributed by atoms with E-state index in [9.17, 15) is 0 Å². The van der Waals surface area contributed by atoms with E-state index in [-0.39, 0.29) is 13.2 Å². The van der Waals surface area contributed by atoms with Gasteiger partial charge >= 0.3 is 0 Å². The van der Waals surface area contributed by atoms with Crippen molar-refractivity contribution in [1.29, 1.82) is 0 Å². The Labute approximate surface area is 124 Å². The third-order valence-corrected chi connectivity index (χ3v) is 0.816. The Hall–Kier alpha value is -2.16. The van der Waals surface area contributed by atoms with Crippen LogP contribution in [0.1, 0.15) is 0 Å². The fourth-order valence-electron chi connectivity index (χ4n) is 0.202. The van der Waals surface area contributed by atoms with Crippen LogP contribution in [-0.4, -0.2) is 56.0 Å². The predicted molar refractivity (Wildman–Crippen MR) is 71.0 cm³/mol. The number of hydrogen-bond donors (Lipinski definition) is 3. The summed E-state index contributed by atoms with van der Waals surface area (Å²) in [7, 11) is 4.04. The van der Waals surface area contributed by atoms with E-state index in [1.54, 1.807) is 18.3 Å². The molecule has 0 bridgehead atoms. The lowest BCUT2D eigenvalue weighted by Crippen LogP contribution is -2.15. The van der Waals surface area contributed by atoms with Crippen molar-refractivity contribution in [3.8, 4) is 37.6 Å². The zero-order valence-corrected chi connectivity index (χ0v) is 12.0. The van der Waals surface area contributed by atoms with Crippen molar-refractivity contribution < 1.29 is 44.6 Å². The van der Waals surface area contributed by atoms with Crippen LogP contribution in [-0.2, 0) is 29.3 Å². The van der Waals surface area contributed by atoms with Crippen LogP contribution < -0.4 is 0 Å². The van der Waals surface area contributed by atoms with Gasteiger partial charge in [0.2, 0.25) is 0 Å². The Balaban J connectivity index is -0.0000000921. The highest BCUT2D eigenvalue weighted by molar-refractivity contribution is 4.65. The number of terminal acetylenes is 3. The fourth-order valence-corrected chi connectivity index (χ4v) is 0.202. The summed E-state index contributed by atoms with van der Waals surface area (Å²) >= 11 is 0. The molecule has 0 aromatic carbocycles. The summed E-state index contributed by atoms with van der Waals surface area (Å²) in [6.45, 7) is -0.729. The van der Waals surface area contributed by atoms with Crippen molar-refractivity contribution in [2.75, 3.05) is 34.5 Å². The largest absolute Gasteiger partial charge is 0.394 e. The maximum Gasteiger partial charge on any atom is 0.153 e. The van der Waals surface area contributed by atoms with E-state index in [1.807, 2.05) is 0 Å². The monoisotopic (exact) mass is 308 g/mol. The van der Waals surface area contributed by atoms with Gasteiger partial charge in [-0.15, -0.1) is 0 Å². The molecule has 9 nitrogen and oxygen atoms in total. The molecule has 0 aliphatic heterocycles. The summed E-state index contributed by atoms with van der Waals surface area (Å²) in [4.78, 5) is 23.4. The van der Waals surface area contributed by atoms with Crippen LogP contribution in [0.3, 0.4) is 0 Å². The van der Waals surface area contributed by atoms with Gasteiger partial charge in [-0.25, -0.2) is 0 Å². The molecule has 0 amide bonds. The first-order chi connectivity index (χ1) is 10.1. The van der Waals surface area contributed by atoms with Crippen LogP contribution in [0.25, 0.3) is 0 Å². The molecule has 0 saturated heterocycles. The van der Waals surface area contributed by atoms with Crippen molar-refractivity contribution in [2.45, 2.75) is 6.10 Å². The maximum absolute atomic E-state index is 8.17. The Morgan fingerprint density at radius 3 is 1.00 bits per heavy atom. The van der Waals surface area contributed by atoms with Gasteiger partial charge in [0.25, 0.3) is 0 Å². The smallest absolute Gasteiger partial charge is 0.153 e. The summed E-state index contributed by atoms with van der Waals surface area (Å²) in [5.74, 6) is 0. The summed E-state index contributed by atoms with van der Waals surface area (Å²) in [6, 6.07) is 0. The second-order valence-electron chi connectivity index (χ2n) is 2.12. The predicted octanol–water partition coefficient (Wildman–Crippen LogP) is -1.20. The molecule has 9 heteroatoms. The second kappa shape index (κ2) is 36.1. The first-order valence-electron chi connectivity index (χ1n) is 4.91. The van der Waals surface area contributed by atoms with Gasteiger partial charge < -0.3 is 15.3 Å². The van der Waals surface area contributed by atoms with E-state index >= 15 is 0 Å². The topological polar surface area (TPSA) is 116 Å². The third kappa shape index (κ3) is 72.8. The Kier molecular flexibility index (Phi) is 46.8. The van der Waals surface area contributed by atoms with E-state index in [0.29, 0.717) is 0 Å². The first-order valence-corrected chi connectivity index (χ1v) is 4.91. The Morgan fingerprint density at radius 2 is 1.00 bits per heavy atom. The lowest BCUT2D eigenvalue weighted by atomic mass is 10.4. The van der Waals surface area contributed by atoms with E-state index in [1.165, 1.54) is 21.3 Å². The average Bonchev–Trinajstić information content (AvgIpc) is 2.51. The van der Waals surface area contributed by atoms with Crippen LogP contribution in [0, 0.1) is 37.6 Å². The molecular formula is C12H20O9. The zero-order chi connectivity index (χ0) is 17.4. The molecule has 0 saturated carbocycles. The molecule has 122 valence electrons. The minimum Gasteiger partial charge on any atom is -0.394 e. The van der Waals surface area contributed by atoms with Crippen molar-refractivity contribution in [1.82, 2.24) is 0 Å². The molecule has 0 unspecified atom stereocenters. The quantitative estimate of drug-likeness (QED) is 0.327. The van der Waals surface area contributed by atoms with Gasteiger partial charge in [0.05, 0.1) is 34.5 Å². The number of aliphatic hydroxyl groups excluding tert-OH is 3. The van der Waals surface area contributed by atoms with Gasteiger partial charge in [0.15, 0.2) is 18.3 Å². The van der Waals surface area contributed by atoms with E-state index in [2.05, 4.69) is 48.6 Å². The van der Waals surface area contributed by atoms with Gasteiger partial charge in [-0.3, -0.25) is 14.7 Å². The summed E-state index contributed by atoms with van der Waals surface area (Å²) in [5, 5.41) is 24.0. The third-order valence-electron chi connectivity index (χ3n) is 0.816. The lowest BCUT2D eigenvalue weighted by Gasteiger charge is -1.96. The van der Waals surface area contributed by atoms with Gasteiger partial charge in [0.1, 0.15) is 6.10 Å². The van der Waals surface area contributed by atoms with Crippen LogP contribution in [0.2, 0.25) is 0 Å². The molecule has 0 fully saturated rings. The Morgan fingerprint density at radius 1 is 0.762 bits per heavy atom. The molecule has 0 aliphatic rings. The van der Waals surface area contributed by atoms with Crippen LogP contribution >= 0.6 is 0 Å². The van der Waals surface area contributed by atoms with Crippen LogP contribution in [0.5, 0.6) is 0 Å². The van der Waals surface area contributed by atoms with Gasteiger partial charge in [-0.05, 0) is 0 Å². The van der Waals surface area contributed by atoms with Crippen molar-refractivity contribution in [3.63, 3.8) is 0 Å². The normalized spacial score (nSPS) is 6.86.